The molecule has 4 aromatic carbocycles. The van der Waals surface area contributed by atoms with Crippen molar-refractivity contribution in [1.29, 1.82) is 0 Å². The molecule has 7 aromatic rings. The van der Waals surface area contributed by atoms with Crippen LogP contribution in [-0.2, 0) is 220 Å². The number of carbonyl (C=O) groups is 2. The van der Waals surface area contributed by atoms with Crippen molar-refractivity contribution in [2.45, 2.75) is 27.7 Å². The summed E-state index contributed by atoms with van der Waals surface area (Å²) in [7, 11) is 6.89. The Morgan fingerprint density at radius 2 is 1.16 bits per heavy atom. The Kier molecular flexibility index (Phi) is 26.2. The van der Waals surface area contributed by atoms with Gasteiger partial charge in [0.1, 0.15) is 0 Å². The van der Waals surface area contributed by atoms with Crippen LogP contribution in [0.1, 0.15) is 36.7 Å². The number of carbonyl (C=O) groups excluding carboxylic acids is 2. The Morgan fingerprint density at radius 1 is 0.655 bits per heavy atom. The second kappa shape index (κ2) is 26.8. The summed E-state index contributed by atoms with van der Waals surface area (Å²) < 4.78 is 27.6. The molecule has 0 fully saturated rings. The Labute approximate surface area is 470 Å². The van der Waals surface area contributed by atoms with E-state index >= 15 is 0 Å². The Hall–Kier alpha value is 0.721. The third-order valence-corrected chi connectivity index (χ3v) is 8.23. The van der Waals surface area contributed by atoms with E-state index in [1.54, 1.807) is 69.0 Å². The number of fused-ring (bicyclic) bond motifs is 4. The van der Waals surface area contributed by atoms with Gasteiger partial charge in [0.05, 0.1) is 5.43 Å². The average Bonchev–Trinajstić information content (AvgIpc) is 3.70. The third-order valence-electron chi connectivity index (χ3n) is 8.23. The van der Waals surface area contributed by atoms with Crippen LogP contribution >= 0.6 is 0 Å². The number of aryl methyl sites for hydroxylation is 7. The Morgan fingerprint density at radius 3 is 1.71 bits per heavy atom. The summed E-state index contributed by atoms with van der Waals surface area (Å²) in [5.41, 5.74) is 7.07. The summed E-state index contributed by atoms with van der Waals surface area (Å²) in [6, 6.07) is 26.5. The van der Waals surface area contributed by atoms with E-state index in [2.05, 4.69) is 30.5 Å². The first kappa shape index (κ1) is 53.7. The second-order valence-corrected chi connectivity index (χ2v) is 11.6. The quantitative estimate of drug-likeness (QED) is 0.143. The Balaban J connectivity index is -0.000000669. The standard InChI is InChI=1S/C10H8NO2.2C10H9NO.C10H9N.3W.4Y/c1-6-4-3-5-7-8(6)9(12)10(13)11(7)2;1-7-4-3-5-9-8(7)6-10(12)11(9)2;1-7-4-3-5-8-10(7)9(12)6-11(8)2;1-8-4-3-5-10-9(8)6-7-11(10)2;;;;;;;/h4-5H,1-2H3;2*4-6H,1-2H3;4-6H,1-2H3;;;;;;;/q-1;3*-2;;;;;;;/i;3*6T;;;;;;;. The normalized spacial score (nSPS) is 11.2. The number of aromatic nitrogens is 3. The molecule has 1 aliphatic heterocycles. The smallest absolute Gasteiger partial charge is 0.286 e. The minimum absolute atomic E-state index is 0. The fourth-order valence-corrected chi connectivity index (χ4v) is 5.48. The van der Waals surface area contributed by atoms with Crippen molar-refractivity contribution in [2.75, 3.05) is 11.9 Å². The zero-order chi connectivity index (χ0) is 37.5. The zero-order valence-electron chi connectivity index (χ0n) is 34.6. The molecule has 0 N–H and O–H groups in total. The molecule has 55 heavy (non-hydrogen) atoms. The summed E-state index contributed by atoms with van der Waals surface area (Å²) in [6.45, 7) is 7.54. The number of hydrogen-bond donors (Lipinski definition) is 0. The first-order valence-electron chi connectivity index (χ1n) is 16.5. The molecule has 4 radical (unpaired) electrons. The zero-order valence-corrected chi connectivity index (χ0v) is 51.7. The molecule has 1 aliphatic rings. The largest absolute Gasteiger partial charge is 0.468 e. The van der Waals surface area contributed by atoms with Gasteiger partial charge in [0.25, 0.3) is 5.91 Å². The van der Waals surface area contributed by atoms with Gasteiger partial charge in [-0.3, -0.25) is 14.4 Å². The number of benzene rings is 4. The summed E-state index contributed by atoms with van der Waals surface area (Å²) in [5, 5.41) is 2.37. The fourth-order valence-electron chi connectivity index (χ4n) is 5.48. The van der Waals surface area contributed by atoms with Gasteiger partial charge in [-0.2, -0.15) is 95.2 Å². The molecular formula is C40H35N4O4W3Y4-7. The summed E-state index contributed by atoms with van der Waals surface area (Å²) in [6.07, 6.45) is 2.96. The number of hydrogen-bond acceptors (Lipinski definition) is 4. The Bertz CT molecular complexity index is 2630. The fraction of sp³-hybridized carbons (Fsp3) is 0.200. The van der Waals surface area contributed by atoms with Crippen LogP contribution in [0.15, 0.2) is 76.4 Å². The molecule has 8 nitrogen and oxygen atoms in total. The maximum Gasteiger partial charge on any atom is 0.286 e. The van der Waals surface area contributed by atoms with E-state index in [-0.39, 0.29) is 217 Å². The molecule has 15 heteroatoms. The predicted molar refractivity (Wildman–Crippen MR) is 190 cm³/mol. The SMILES string of the molecule is Cc1c[c-]cc2c1C(=O)C(=O)N2C.[3H][c-]1c(=O)c2c(C)c[c-]cc2n1C.[3H][c-]1c(=O)n(C)c2c[c-]cc(C)c21.[3H]c1[c-]n(C)c2c[c-]cc(C)c12.[W].[W].[W].[Y].[Y].[Y].[Y]. The van der Waals surface area contributed by atoms with Crippen molar-refractivity contribution in [3.05, 3.63) is 146 Å². The number of Topliss-reactive ketones (excluding diaryl/α,β-unsaturated/α-hetero) is 1. The van der Waals surface area contributed by atoms with E-state index in [1.165, 1.54) is 9.47 Å². The molecule has 0 saturated heterocycles. The van der Waals surface area contributed by atoms with Crippen LogP contribution in [-0.4, -0.2) is 32.4 Å². The number of rotatable bonds is 0. The van der Waals surface area contributed by atoms with Crippen molar-refractivity contribution in [3.8, 4) is 0 Å². The van der Waals surface area contributed by atoms with Gasteiger partial charge < -0.3 is 23.4 Å². The van der Waals surface area contributed by atoms with Gasteiger partial charge in [-0.15, -0.1) is 22.8 Å². The second-order valence-electron chi connectivity index (χ2n) is 11.6. The van der Waals surface area contributed by atoms with Gasteiger partial charge in [0.15, 0.2) is 5.56 Å². The molecular weight excluding hydrogens is 1510 g/mol. The van der Waals surface area contributed by atoms with Crippen LogP contribution < -0.4 is 15.9 Å². The van der Waals surface area contributed by atoms with Gasteiger partial charge in [0, 0.05) is 209 Å². The number of nitrogens with zero attached hydrogens (tertiary/aromatic N) is 4. The van der Waals surface area contributed by atoms with E-state index in [1.807, 2.05) is 44.5 Å². The van der Waals surface area contributed by atoms with Gasteiger partial charge >= 0.3 is 0 Å². The molecule has 0 bridgehead atoms. The van der Waals surface area contributed by atoms with Crippen molar-refractivity contribution in [3.63, 3.8) is 0 Å². The van der Waals surface area contributed by atoms with Crippen LogP contribution in [0.2, 0.25) is 0 Å². The van der Waals surface area contributed by atoms with Gasteiger partial charge in [-0.1, -0.05) is 56.7 Å². The number of amides is 1. The van der Waals surface area contributed by atoms with Gasteiger partial charge in [0.2, 0.25) is 5.78 Å². The van der Waals surface area contributed by atoms with E-state index < -0.39 is 11.7 Å². The molecule has 0 unspecified atom stereocenters. The minimum Gasteiger partial charge on any atom is -0.468 e. The van der Waals surface area contributed by atoms with Crippen LogP contribution in [0.25, 0.3) is 32.7 Å². The van der Waals surface area contributed by atoms with E-state index in [4.69, 9.17) is 4.11 Å². The van der Waals surface area contributed by atoms with Crippen LogP contribution in [0.5, 0.6) is 0 Å². The third kappa shape index (κ3) is 13.6. The van der Waals surface area contributed by atoms with Crippen LogP contribution in [0.3, 0.4) is 0 Å². The first-order chi connectivity index (χ1) is 24.1. The van der Waals surface area contributed by atoms with E-state index in [0.717, 1.165) is 49.6 Å². The number of likely N-dealkylation sites (N-methyl/N-ethyl adjacent to an activating group) is 1. The molecule has 1 amide bonds. The first-order valence-corrected chi connectivity index (χ1v) is 15.0. The van der Waals surface area contributed by atoms with E-state index in [0.29, 0.717) is 22.7 Å². The molecule has 0 atom stereocenters. The minimum atomic E-state index is -0.460. The number of anilines is 1. The van der Waals surface area contributed by atoms with Gasteiger partial charge in [-0.05, 0) is 16.8 Å². The summed E-state index contributed by atoms with van der Waals surface area (Å²) >= 11 is 0. The monoisotopic (exact) mass is 1550 g/mol. The maximum atomic E-state index is 11.5. The maximum absolute atomic E-state index is 11.5. The summed E-state index contributed by atoms with van der Waals surface area (Å²) in [5.74, 6) is -0.873. The average molecular weight is 1550 g/mol. The van der Waals surface area contributed by atoms with Crippen LogP contribution in [0, 0.1) is 58.2 Å². The molecule has 0 aliphatic carbocycles. The molecule has 0 spiro atoms. The number of ketones is 1. The van der Waals surface area contributed by atoms with E-state index in [9.17, 15) is 19.2 Å². The predicted octanol–water partition coefficient (Wildman–Crippen LogP) is 5.76. The topological polar surface area (TPSA) is 86.3 Å². The van der Waals surface area contributed by atoms with Crippen molar-refractivity contribution in [1.82, 2.24) is 13.7 Å². The van der Waals surface area contributed by atoms with Gasteiger partial charge in [-0.25, -0.2) is 16.5 Å². The molecule has 4 heterocycles. The summed E-state index contributed by atoms with van der Waals surface area (Å²) in [4.78, 5) is 47.0. The molecule has 276 valence electrons. The molecule has 8 rings (SSSR count). The molecule has 3 aromatic heterocycles. The van der Waals surface area contributed by atoms with Crippen molar-refractivity contribution < 1.29 is 208 Å². The van der Waals surface area contributed by atoms with Crippen LogP contribution in [0.4, 0.5) is 5.69 Å². The van der Waals surface area contributed by atoms with Crippen molar-refractivity contribution in [2.24, 2.45) is 21.1 Å². The van der Waals surface area contributed by atoms with Crippen molar-refractivity contribution >= 4 is 50.1 Å². The molecule has 0 saturated carbocycles.